The predicted molar refractivity (Wildman–Crippen MR) is 109 cm³/mol. The normalized spacial score (nSPS) is 12.3. The number of phenolic OH excluding ortho intramolecular Hbond substituents is 1. The van der Waals surface area contributed by atoms with Gasteiger partial charge in [-0.2, -0.15) is 0 Å². The number of nitrogens with two attached hydrogens (primary N) is 1. The van der Waals surface area contributed by atoms with E-state index in [1.165, 1.54) is 24.3 Å². The van der Waals surface area contributed by atoms with E-state index < -0.39 is 42.4 Å². The van der Waals surface area contributed by atoms with Crippen molar-refractivity contribution in [1.29, 1.82) is 0 Å². The number of phenols is 1. The molecule has 0 saturated heterocycles. The SMILES string of the molecule is NC(=O)C[C@@H](NC(=O)OCc1ccccc1)C(=O)N[C@@H](Cc1ccc(O)cc1)C(=O)O. The lowest BCUT2D eigenvalue weighted by Gasteiger charge is -2.20. The number of benzene rings is 2. The van der Waals surface area contributed by atoms with Gasteiger partial charge in [-0.15, -0.1) is 0 Å². The standard InChI is InChI=1S/C21H23N3O7/c22-18(26)11-16(24-21(30)31-12-14-4-2-1-3-5-14)19(27)23-17(20(28)29)10-13-6-8-15(25)9-7-13/h1-9,16-17,25H,10-12H2,(H2,22,26)(H,23,27)(H,24,30)(H,28,29)/t16-,17+/m1/s1. The topological polar surface area (TPSA) is 168 Å². The number of carboxylic acids is 1. The zero-order valence-corrected chi connectivity index (χ0v) is 16.5. The Hall–Kier alpha value is -4.08. The monoisotopic (exact) mass is 429 g/mol. The van der Waals surface area contributed by atoms with Crippen molar-refractivity contribution < 1.29 is 34.1 Å². The van der Waals surface area contributed by atoms with Crippen LogP contribution in [0.15, 0.2) is 54.6 Å². The molecular weight excluding hydrogens is 406 g/mol. The maximum Gasteiger partial charge on any atom is 0.408 e. The van der Waals surface area contributed by atoms with Gasteiger partial charge in [0.25, 0.3) is 0 Å². The zero-order chi connectivity index (χ0) is 22.8. The van der Waals surface area contributed by atoms with Crippen LogP contribution in [-0.2, 0) is 32.1 Å². The molecule has 0 aliphatic carbocycles. The van der Waals surface area contributed by atoms with E-state index in [9.17, 15) is 29.4 Å². The number of aromatic hydroxyl groups is 1. The van der Waals surface area contributed by atoms with Gasteiger partial charge >= 0.3 is 12.1 Å². The first-order valence-electron chi connectivity index (χ1n) is 9.31. The minimum Gasteiger partial charge on any atom is -0.508 e. The van der Waals surface area contributed by atoms with Gasteiger partial charge < -0.3 is 31.3 Å². The number of carbonyl (C=O) groups is 4. The van der Waals surface area contributed by atoms with Crippen LogP contribution in [0.1, 0.15) is 17.5 Å². The summed E-state index contributed by atoms with van der Waals surface area (Å²) in [6.07, 6.45) is -1.59. The molecule has 2 atom stereocenters. The largest absolute Gasteiger partial charge is 0.508 e. The van der Waals surface area contributed by atoms with Crippen molar-refractivity contribution in [3.63, 3.8) is 0 Å². The Morgan fingerprint density at radius 2 is 1.55 bits per heavy atom. The van der Waals surface area contributed by atoms with E-state index in [-0.39, 0.29) is 18.8 Å². The minimum absolute atomic E-state index is 0.0133. The van der Waals surface area contributed by atoms with Crippen LogP contribution < -0.4 is 16.4 Å². The van der Waals surface area contributed by atoms with Crippen LogP contribution in [0, 0.1) is 0 Å². The van der Waals surface area contributed by atoms with Crippen LogP contribution in [0.25, 0.3) is 0 Å². The lowest BCUT2D eigenvalue weighted by molar-refractivity contribution is -0.142. The Kier molecular flexibility index (Phi) is 8.38. The third-order valence-electron chi connectivity index (χ3n) is 4.22. The third kappa shape index (κ3) is 8.05. The van der Waals surface area contributed by atoms with Crippen LogP contribution in [0.4, 0.5) is 4.79 Å². The third-order valence-corrected chi connectivity index (χ3v) is 4.22. The minimum atomic E-state index is -1.41. The smallest absolute Gasteiger partial charge is 0.408 e. The van der Waals surface area contributed by atoms with Crippen LogP contribution in [0.5, 0.6) is 5.75 Å². The Bertz CT molecular complexity index is 916. The van der Waals surface area contributed by atoms with Crippen molar-refractivity contribution in [2.45, 2.75) is 31.5 Å². The summed E-state index contributed by atoms with van der Waals surface area (Å²) in [5.74, 6) is -3.07. The van der Waals surface area contributed by atoms with E-state index in [4.69, 9.17) is 10.5 Å². The molecule has 10 heteroatoms. The molecule has 2 rings (SSSR count). The predicted octanol–water partition coefficient (Wildman–Crippen LogP) is 0.674. The van der Waals surface area contributed by atoms with E-state index in [0.29, 0.717) is 11.1 Å². The molecule has 3 amide bonds. The van der Waals surface area contributed by atoms with Crippen LogP contribution in [0.2, 0.25) is 0 Å². The number of alkyl carbamates (subject to hydrolysis) is 1. The quantitative estimate of drug-likeness (QED) is 0.370. The molecule has 10 nitrogen and oxygen atoms in total. The summed E-state index contributed by atoms with van der Waals surface area (Å²) in [5, 5.41) is 23.3. The average molecular weight is 429 g/mol. The average Bonchev–Trinajstić information content (AvgIpc) is 2.73. The molecule has 0 aliphatic rings. The molecule has 0 heterocycles. The molecule has 0 unspecified atom stereocenters. The number of carboxylic acid groups (broad SMARTS) is 1. The number of nitrogens with one attached hydrogen (secondary N) is 2. The molecule has 2 aromatic rings. The van der Waals surface area contributed by atoms with Crippen molar-refractivity contribution in [1.82, 2.24) is 10.6 Å². The Labute approximate surface area is 178 Å². The summed E-state index contributed by atoms with van der Waals surface area (Å²) >= 11 is 0. The zero-order valence-electron chi connectivity index (χ0n) is 16.5. The van der Waals surface area contributed by atoms with E-state index in [0.717, 1.165) is 0 Å². The first-order valence-corrected chi connectivity index (χ1v) is 9.31. The number of aliphatic carboxylic acids is 1. The highest BCUT2D eigenvalue weighted by molar-refractivity contribution is 5.92. The van der Waals surface area contributed by atoms with E-state index in [1.807, 2.05) is 0 Å². The fourth-order valence-corrected chi connectivity index (χ4v) is 2.66. The van der Waals surface area contributed by atoms with E-state index >= 15 is 0 Å². The molecule has 0 aliphatic heterocycles. The highest BCUT2D eigenvalue weighted by Crippen LogP contribution is 2.12. The summed E-state index contributed by atoms with van der Waals surface area (Å²) in [5.41, 5.74) is 6.41. The number of carbonyl (C=O) groups excluding carboxylic acids is 3. The highest BCUT2D eigenvalue weighted by Gasteiger charge is 2.28. The van der Waals surface area contributed by atoms with Gasteiger partial charge in [0, 0.05) is 6.42 Å². The van der Waals surface area contributed by atoms with Gasteiger partial charge in [-0.3, -0.25) is 9.59 Å². The Balaban J connectivity index is 2.00. The van der Waals surface area contributed by atoms with Gasteiger partial charge in [0.1, 0.15) is 24.4 Å². The molecule has 0 radical (unpaired) electrons. The maximum absolute atomic E-state index is 12.6. The van der Waals surface area contributed by atoms with Crippen molar-refractivity contribution in [3.05, 3.63) is 65.7 Å². The van der Waals surface area contributed by atoms with Gasteiger partial charge in [-0.25, -0.2) is 9.59 Å². The van der Waals surface area contributed by atoms with Gasteiger partial charge in [0.15, 0.2) is 0 Å². The molecule has 0 saturated carbocycles. The van der Waals surface area contributed by atoms with E-state index in [1.54, 1.807) is 30.3 Å². The maximum atomic E-state index is 12.6. The van der Waals surface area contributed by atoms with Gasteiger partial charge in [-0.05, 0) is 23.3 Å². The number of ether oxygens (including phenoxy) is 1. The van der Waals surface area contributed by atoms with Gasteiger partial charge in [-0.1, -0.05) is 42.5 Å². The molecule has 0 spiro atoms. The molecular formula is C21H23N3O7. The lowest BCUT2D eigenvalue weighted by atomic mass is 10.0. The van der Waals surface area contributed by atoms with Gasteiger partial charge in [0.05, 0.1) is 6.42 Å². The summed E-state index contributed by atoms with van der Waals surface area (Å²) < 4.78 is 5.03. The number of hydrogen-bond donors (Lipinski definition) is 5. The number of amides is 3. The molecule has 164 valence electrons. The summed E-state index contributed by atoms with van der Waals surface area (Å²) in [6, 6.07) is 11.8. The summed E-state index contributed by atoms with van der Waals surface area (Å²) in [7, 11) is 0. The Morgan fingerprint density at radius 1 is 0.903 bits per heavy atom. The van der Waals surface area contributed by atoms with Crippen LogP contribution in [0.3, 0.4) is 0 Å². The van der Waals surface area contributed by atoms with Crippen molar-refractivity contribution in [2.24, 2.45) is 5.73 Å². The van der Waals surface area contributed by atoms with Gasteiger partial charge in [0.2, 0.25) is 11.8 Å². The summed E-state index contributed by atoms with van der Waals surface area (Å²) in [6.45, 7) is -0.0593. The molecule has 0 fully saturated rings. The fraction of sp³-hybridized carbons (Fsp3) is 0.238. The number of primary amides is 1. The lowest BCUT2D eigenvalue weighted by Crippen LogP contribution is -2.53. The van der Waals surface area contributed by atoms with Crippen molar-refractivity contribution in [2.75, 3.05) is 0 Å². The molecule has 0 aromatic heterocycles. The second-order valence-corrected chi connectivity index (χ2v) is 6.70. The fourth-order valence-electron chi connectivity index (χ4n) is 2.66. The number of rotatable bonds is 10. The van der Waals surface area contributed by atoms with E-state index in [2.05, 4.69) is 10.6 Å². The molecule has 31 heavy (non-hydrogen) atoms. The molecule has 0 bridgehead atoms. The molecule has 2 aromatic carbocycles. The van der Waals surface area contributed by atoms with Crippen molar-refractivity contribution in [3.8, 4) is 5.75 Å². The van der Waals surface area contributed by atoms with Crippen molar-refractivity contribution >= 4 is 23.9 Å². The number of hydrogen-bond acceptors (Lipinski definition) is 6. The second kappa shape index (κ2) is 11.2. The first kappa shape index (κ1) is 23.2. The molecule has 6 N–H and O–H groups in total. The summed E-state index contributed by atoms with van der Waals surface area (Å²) in [4.78, 5) is 47.5. The second-order valence-electron chi connectivity index (χ2n) is 6.70. The van der Waals surface area contributed by atoms with Crippen LogP contribution in [-0.4, -0.2) is 46.2 Å². The van der Waals surface area contributed by atoms with Crippen LogP contribution >= 0.6 is 0 Å². The first-order chi connectivity index (χ1) is 14.7. The Morgan fingerprint density at radius 3 is 2.13 bits per heavy atom. The highest BCUT2D eigenvalue weighted by atomic mass is 16.5.